The van der Waals surface area contributed by atoms with E-state index < -0.39 is 42.6 Å². The topological polar surface area (TPSA) is 177 Å². The molecule has 1 saturated heterocycles. The number of hydrogen-bond acceptors (Lipinski definition) is 10. The number of hydrogen-bond donors (Lipinski definition) is 5. The summed E-state index contributed by atoms with van der Waals surface area (Å²) in [5, 5.41) is 54.4. The largest absolute Gasteiger partial charge is 0.507 e. The highest BCUT2D eigenvalue weighted by molar-refractivity contribution is 7.16. The standard InChI is InChI=1S/C38H32Cl2N2O10S/c39-13-17-15-41(23-11-25(43)19-5-1-3-7-21(19)29(17)23)35(47)27-9-10-28(53-27)36(48)42-16-18(14-40)30-22-8-4-2-6-20(22)26(12-24(30)42)51-38-33(46)31(44)32(45)34(52-38)37(49)50/h1-12,17-18,31-34,38,43-46H,13-16H2,(H,49,50). The Morgan fingerprint density at radius 2 is 1.25 bits per heavy atom. The van der Waals surface area contributed by atoms with Crippen molar-refractivity contribution in [2.45, 2.75) is 42.5 Å². The number of aliphatic carboxylic acids is 1. The summed E-state index contributed by atoms with van der Waals surface area (Å²) in [5.41, 5.74) is 2.69. The van der Waals surface area contributed by atoms with Gasteiger partial charge in [-0.15, -0.1) is 34.5 Å². The summed E-state index contributed by atoms with van der Waals surface area (Å²) in [7, 11) is 0. The molecule has 0 radical (unpaired) electrons. The fraction of sp³-hybridized carbons (Fsp3) is 0.289. The molecule has 0 spiro atoms. The summed E-state index contributed by atoms with van der Waals surface area (Å²) in [6.45, 7) is 0.520. The third-order valence-corrected chi connectivity index (χ3v) is 12.0. The molecule has 4 aromatic carbocycles. The van der Waals surface area contributed by atoms with Crippen LogP contribution in [0.25, 0.3) is 21.5 Å². The van der Waals surface area contributed by atoms with Crippen molar-refractivity contribution in [3.63, 3.8) is 0 Å². The highest BCUT2D eigenvalue weighted by atomic mass is 35.5. The number of aromatic hydroxyl groups is 1. The number of carbonyl (C=O) groups is 3. The van der Waals surface area contributed by atoms with Crippen LogP contribution >= 0.6 is 34.5 Å². The zero-order valence-electron chi connectivity index (χ0n) is 27.6. The first-order chi connectivity index (χ1) is 25.5. The molecule has 53 heavy (non-hydrogen) atoms. The minimum atomic E-state index is -1.90. The van der Waals surface area contributed by atoms with E-state index in [0.29, 0.717) is 39.0 Å². The summed E-state index contributed by atoms with van der Waals surface area (Å²) in [6, 6.07) is 20.9. The average molecular weight is 780 g/mol. The van der Waals surface area contributed by atoms with Gasteiger partial charge in [-0.2, -0.15) is 0 Å². The molecule has 12 nitrogen and oxygen atoms in total. The van der Waals surface area contributed by atoms with Crippen LogP contribution in [0.15, 0.2) is 72.8 Å². The zero-order valence-corrected chi connectivity index (χ0v) is 30.0. The van der Waals surface area contributed by atoms with Crippen molar-refractivity contribution < 1.29 is 49.4 Å². The number of thiophene rings is 1. The Morgan fingerprint density at radius 3 is 1.79 bits per heavy atom. The van der Waals surface area contributed by atoms with E-state index in [0.717, 1.165) is 27.8 Å². The second-order valence-electron chi connectivity index (χ2n) is 13.3. The fourth-order valence-electron chi connectivity index (χ4n) is 7.68. The van der Waals surface area contributed by atoms with Gasteiger partial charge in [0.1, 0.15) is 29.8 Å². The zero-order chi connectivity index (χ0) is 37.3. The lowest BCUT2D eigenvalue weighted by atomic mass is 9.95. The van der Waals surface area contributed by atoms with Crippen LogP contribution in [0.3, 0.4) is 0 Å². The lowest BCUT2D eigenvalue weighted by molar-refractivity contribution is -0.270. The van der Waals surface area contributed by atoms with Gasteiger partial charge >= 0.3 is 5.97 Å². The number of amides is 2. The fourth-order valence-corrected chi connectivity index (χ4v) is 9.09. The van der Waals surface area contributed by atoms with E-state index in [2.05, 4.69) is 0 Å². The molecule has 5 N–H and O–H groups in total. The molecular weight excluding hydrogens is 747 g/mol. The minimum Gasteiger partial charge on any atom is -0.507 e. The molecule has 7 atom stereocenters. The third kappa shape index (κ3) is 5.78. The SMILES string of the molecule is O=C(O)C1OC(Oc2cc3c(c4ccccc24)C(CCl)CN3C(=O)c2ccc(C(=O)N3CC(CCl)c4c3cc(O)c3ccccc43)s2)C(O)C(O)C1O. The monoisotopic (exact) mass is 778 g/mol. The number of benzene rings is 4. The maximum atomic E-state index is 14.3. The molecule has 0 bridgehead atoms. The summed E-state index contributed by atoms with van der Waals surface area (Å²) in [5.74, 6) is -2.10. The number of carboxylic acids is 1. The van der Waals surface area contributed by atoms with Crippen LogP contribution in [0.1, 0.15) is 42.3 Å². The second-order valence-corrected chi connectivity index (χ2v) is 15.0. The van der Waals surface area contributed by atoms with E-state index >= 15 is 0 Å². The number of phenols is 1. The van der Waals surface area contributed by atoms with E-state index in [9.17, 15) is 39.9 Å². The van der Waals surface area contributed by atoms with Crippen LogP contribution in [-0.2, 0) is 9.53 Å². The van der Waals surface area contributed by atoms with Crippen LogP contribution in [0.4, 0.5) is 11.4 Å². The lowest BCUT2D eigenvalue weighted by Crippen LogP contribution is -2.61. The highest BCUT2D eigenvalue weighted by Crippen LogP contribution is 2.48. The van der Waals surface area contributed by atoms with E-state index in [4.69, 9.17) is 32.7 Å². The Balaban J connectivity index is 1.12. The summed E-state index contributed by atoms with van der Waals surface area (Å²) in [4.78, 5) is 43.8. The molecule has 1 aromatic heterocycles. The van der Waals surface area contributed by atoms with Gasteiger partial charge in [0, 0.05) is 59.6 Å². The Bertz CT molecular complexity index is 2300. The molecule has 15 heteroatoms. The molecule has 8 rings (SSSR count). The summed E-state index contributed by atoms with van der Waals surface area (Å²) < 4.78 is 11.4. The van der Waals surface area contributed by atoms with E-state index in [-0.39, 0.29) is 52.4 Å². The van der Waals surface area contributed by atoms with Crippen molar-refractivity contribution in [2.24, 2.45) is 0 Å². The Morgan fingerprint density at radius 1 is 0.736 bits per heavy atom. The minimum absolute atomic E-state index is 0.0480. The first kappa shape index (κ1) is 35.6. The highest BCUT2D eigenvalue weighted by Gasteiger charge is 2.48. The molecule has 7 unspecified atom stereocenters. The van der Waals surface area contributed by atoms with Crippen molar-refractivity contribution >= 4 is 85.2 Å². The number of aliphatic hydroxyl groups is 3. The van der Waals surface area contributed by atoms with E-state index in [1.54, 1.807) is 47.4 Å². The van der Waals surface area contributed by atoms with Gasteiger partial charge in [-0.1, -0.05) is 48.5 Å². The third-order valence-electron chi connectivity index (χ3n) is 10.2. The predicted molar refractivity (Wildman–Crippen MR) is 199 cm³/mol. The number of aliphatic hydroxyl groups excluding tert-OH is 3. The molecule has 5 aromatic rings. The molecule has 2 amide bonds. The molecule has 1 fully saturated rings. The lowest BCUT2D eigenvalue weighted by Gasteiger charge is -2.38. The number of rotatable bonds is 7. The molecule has 4 heterocycles. The normalized spacial score (nSPS) is 25.1. The maximum Gasteiger partial charge on any atom is 0.335 e. The number of carboxylic acid groups (broad SMARTS) is 1. The smallest absolute Gasteiger partial charge is 0.335 e. The quantitative estimate of drug-likeness (QED) is 0.141. The van der Waals surface area contributed by atoms with Gasteiger partial charge in [0.25, 0.3) is 11.8 Å². The molecule has 274 valence electrons. The predicted octanol–water partition coefficient (Wildman–Crippen LogP) is 5.00. The molecular formula is C38H32Cl2N2O10S. The van der Waals surface area contributed by atoms with Gasteiger partial charge in [0.05, 0.1) is 21.1 Å². The van der Waals surface area contributed by atoms with Crippen molar-refractivity contribution in [1.29, 1.82) is 0 Å². The summed E-state index contributed by atoms with van der Waals surface area (Å²) >= 11 is 13.9. The van der Waals surface area contributed by atoms with Crippen LogP contribution in [0.5, 0.6) is 11.5 Å². The van der Waals surface area contributed by atoms with E-state index in [1.165, 1.54) is 4.90 Å². The second kappa shape index (κ2) is 13.7. The van der Waals surface area contributed by atoms with Crippen molar-refractivity contribution in [3.05, 3.63) is 93.7 Å². The maximum absolute atomic E-state index is 14.3. The van der Waals surface area contributed by atoms with Gasteiger partial charge in [-0.25, -0.2) is 4.79 Å². The van der Waals surface area contributed by atoms with Gasteiger partial charge in [0.2, 0.25) is 6.29 Å². The van der Waals surface area contributed by atoms with Gasteiger partial charge < -0.3 is 44.8 Å². The number of phenolic OH excluding ortho intramolecular Hbond substituents is 1. The number of nitrogens with zero attached hydrogens (tertiary/aromatic N) is 2. The van der Waals surface area contributed by atoms with Crippen LogP contribution in [0, 0.1) is 0 Å². The number of fused-ring (bicyclic) bond motifs is 6. The van der Waals surface area contributed by atoms with Crippen molar-refractivity contribution in [3.8, 4) is 11.5 Å². The molecule has 0 saturated carbocycles. The van der Waals surface area contributed by atoms with Gasteiger partial charge in [-0.05, 0) is 34.0 Å². The molecule has 3 aliphatic rings. The first-order valence-corrected chi connectivity index (χ1v) is 18.7. The summed E-state index contributed by atoms with van der Waals surface area (Å²) in [6.07, 6.45) is -9.11. The van der Waals surface area contributed by atoms with Crippen molar-refractivity contribution in [1.82, 2.24) is 0 Å². The van der Waals surface area contributed by atoms with Crippen LogP contribution in [-0.4, -0.2) is 98.9 Å². The number of anilines is 2. The Hall–Kier alpha value is -4.47. The van der Waals surface area contributed by atoms with Gasteiger partial charge in [0.15, 0.2) is 6.10 Å². The number of ether oxygens (including phenoxy) is 2. The first-order valence-electron chi connectivity index (χ1n) is 16.8. The van der Waals surface area contributed by atoms with E-state index in [1.807, 2.05) is 30.3 Å². The number of halogens is 2. The number of alkyl halides is 2. The Kier molecular flexibility index (Phi) is 9.22. The number of carbonyl (C=O) groups excluding carboxylic acids is 2. The van der Waals surface area contributed by atoms with Crippen LogP contribution < -0.4 is 14.5 Å². The van der Waals surface area contributed by atoms with Crippen molar-refractivity contribution in [2.75, 3.05) is 34.6 Å². The van der Waals surface area contributed by atoms with Gasteiger partial charge in [-0.3, -0.25) is 9.59 Å². The molecule has 0 aliphatic carbocycles. The Labute approximate surface area is 315 Å². The van der Waals surface area contributed by atoms with Crippen LogP contribution in [0.2, 0.25) is 0 Å². The average Bonchev–Trinajstić information content (AvgIpc) is 3.90. The molecule has 3 aliphatic heterocycles.